The molecule has 0 bridgehead atoms. The number of alkyl halides is 1. The molecule has 0 aliphatic rings. The molecule has 0 aliphatic heterocycles. The van der Waals surface area contributed by atoms with E-state index in [1.165, 1.54) is 0 Å². The van der Waals surface area contributed by atoms with E-state index in [1.807, 2.05) is 12.2 Å². The molecule has 0 heterocycles. The molecule has 40 valence electrons. The van der Waals surface area contributed by atoms with Crippen molar-refractivity contribution in [1.82, 2.24) is 0 Å². The van der Waals surface area contributed by atoms with Crippen molar-refractivity contribution in [3.05, 3.63) is 25.3 Å². The summed E-state index contributed by atoms with van der Waals surface area (Å²) >= 11 is 3.35. The SMILES string of the molecule is C=CCC(Br)C=C. The highest BCUT2D eigenvalue weighted by Gasteiger charge is 1.89. The van der Waals surface area contributed by atoms with Gasteiger partial charge in [-0.2, -0.15) is 0 Å². The number of hydrogen-bond donors (Lipinski definition) is 0. The van der Waals surface area contributed by atoms with Gasteiger partial charge in [0, 0.05) is 4.83 Å². The fraction of sp³-hybridized carbons (Fsp3) is 0.333. The third-order valence-corrected chi connectivity index (χ3v) is 1.40. The molecule has 0 amide bonds. The standard InChI is InChI=1S/C6H9Br/c1-3-5-6(7)4-2/h3-4,6H,1-2,5H2. The van der Waals surface area contributed by atoms with Gasteiger partial charge in [0.25, 0.3) is 0 Å². The Morgan fingerprint density at radius 2 is 2.14 bits per heavy atom. The molecule has 0 aliphatic carbocycles. The van der Waals surface area contributed by atoms with E-state index in [4.69, 9.17) is 0 Å². The first-order chi connectivity index (χ1) is 3.31. The van der Waals surface area contributed by atoms with Gasteiger partial charge in [0.05, 0.1) is 0 Å². The fourth-order valence-electron chi connectivity index (χ4n) is 0.255. The van der Waals surface area contributed by atoms with E-state index >= 15 is 0 Å². The molecular weight excluding hydrogens is 152 g/mol. The van der Waals surface area contributed by atoms with Crippen molar-refractivity contribution < 1.29 is 0 Å². The van der Waals surface area contributed by atoms with Gasteiger partial charge in [0.1, 0.15) is 0 Å². The number of rotatable bonds is 3. The average molecular weight is 161 g/mol. The summed E-state index contributed by atoms with van der Waals surface area (Å²) in [6.45, 7) is 7.16. The maximum atomic E-state index is 3.58. The monoisotopic (exact) mass is 160 g/mol. The Labute approximate surface area is 53.1 Å². The molecule has 0 N–H and O–H groups in total. The first kappa shape index (κ1) is 6.96. The average Bonchev–Trinajstić information content (AvgIpc) is 1.68. The Kier molecular flexibility index (Phi) is 4.10. The Morgan fingerprint density at radius 3 is 2.29 bits per heavy atom. The van der Waals surface area contributed by atoms with E-state index in [-0.39, 0.29) is 0 Å². The lowest BCUT2D eigenvalue weighted by molar-refractivity contribution is 1.10. The number of allylic oxidation sites excluding steroid dienone is 2. The molecule has 1 unspecified atom stereocenters. The van der Waals surface area contributed by atoms with Gasteiger partial charge in [-0.25, -0.2) is 0 Å². The minimum Gasteiger partial charge on any atom is -0.103 e. The predicted octanol–water partition coefficient (Wildman–Crippen LogP) is 2.51. The van der Waals surface area contributed by atoms with Gasteiger partial charge in [-0.05, 0) is 6.42 Å². The second-order valence-electron chi connectivity index (χ2n) is 1.28. The zero-order valence-electron chi connectivity index (χ0n) is 4.23. The normalized spacial score (nSPS) is 12.7. The molecule has 0 aromatic heterocycles. The summed E-state index contributed by atoms with van der Waals surface area (Å²) in [4.78, 5) is 0.407. The van der Waals surface area contributed by atoms with Crippen molar-refractivity contribution in [2.75, 3.05) is 0 Å². The highest BCUT2D eigenvalue weighted by atomic mass is 79.9. The Bertz CT molecular complexity index is 66.6. The predicted molar refractivity (Wildman–Crippen MR) is 37.7 cm³/mol. The third kappa shape index (κ3) is 3.80. The quantitative estimate of drug-likeness (QED) is 0.440. The van der Waals surface area contributed by atoms with Gasteiger partial charge in [0.15, 0.2) is 0 Å². The molecule has 0 saturated heterocycles. The van der Waals surface area contributed by atoms with E-state index in [9.17, 15) is 0 Å². The second kappa shape index (κ2) is 4.13. The van der Waals surface area contributed by atoms with Crippen LogP contribution in [0.2, 0.25) is 0 Å². The highest BCUT2D eigenvalue weighted by molar-refractivity contribution is 9.09. The molecule has 0 spiro atoms. The molecule has 0 fully saturated rings. The summed E-state index contributed by atoms with van der Waals surface area (Å²) in [5, 5.41) is 0. The molecule has 0 rings (SSSR count). The van der Waals surface area contributed by atoms with Crippen molar-refractivity contribution in [2.24, 2.45) is 0 Å². The maximum absolute atomic E-state index is 3.58. The number of halogens is 1. The Hall–Kier alpha value is -0.0400. The zero-order chi connectivity index (χ0) is 5.70. The minimum absolute atomic E-state index is 0.407. The van der Waals surface area contributed by atoms with Crippen LogP contribution in [0.4, 0.5) is 0 Å². The van der Waals surface area contributed by atoms with Gasteiger partial charge in [-0.3, -0.25) is 0 Å². The van der Waals surface area contributed by atoms with Gasteiger partial charge >= 0.3 is 0 Å². The maximum Gasteiger partial charge on any atom is 0.0357 e. The van der Waals surface area contributed by atoms with Gasteiger partial charge in [0.2, 0.25) is 0 Å². The Balaban J connectivity index is 3.15. The van der Waals surface area contributed by atoms with Crippen LogP contribution in [0.1, 0.15) is 6.42 Å². The lowest BCUT2D eigenvalue weighted by Gasteiger charge is -1.93. The van der Waals surface area contributed by atoms with Gasteiger partial charge in [-0.1, -0.05) is 28.1 Å². The second-order valence-corrected chi connectivity index (χ2v) is 2.45. The van der Waals surface area contributed by atoms with Crippen molar-refractivity contribution in [3.8, 4) is 0 Å². The van der Waals surface area contributed by atoms with Crippen molar-refractivity contribution in [1.29, 1.82) is 0 Å². The lowest BCUT2D eigenvalue weighted by Crippen LogP contribution is -1.85. The smallest absolute Gasteiger partial charge is 0.0357 e. The molecule has 0 aromatic carbocycles. The van der Waals surface area contributed by atoms with Crippen LogP contribution >= 0.6 is 15.9 Å². The van der Waals surface area contributed by atoms with Gasteiger partial charge < -0.3 is 0 Å². The third-order valence-electron chi connectivity index (χ3n) is 0.648. The number of hydrogen-bond acceptors (Lipinski definition) is 0. The van der Waals surface area contributed by atoms with E-state index in [0.717, 1.165) is 6.42 Å². The van der Waals surface area contributed by atoms with Crippen LogP contribution in [0.15, 0.2) is 25.3 Å². The van der Waals surface area contributed by atoms with Gasteiger partial charge in [-0.15, -0.1) is 13.2 Å². The topological polar surface area (TPSA) is 0 Å². The molecule has 0 aromatic rings. The van der Waals surface area contributed by atoms with Crippen molar-refractivity contribution in [3.63, 3.8) is 0 Å². The van der Waals surface area contributed by atoms with Crippen LogP contribution in [0.3, 0.4) is 0 Å². The zero-order valence-corrected chi connectivity index (χ0v) is 5.82. The minimum atomic E-state index is 0.407. The first-order valence-corrected chi connectivity index (χ1v) is 3.10. The van der Waals surface area contributed by atoms with Crippen LogP contribution in [-0.2, 0) is 0 Å². The van der Waals surface area contributed by atoms with Crippen LogP contribution in [0.25, 0.3) is 0 Å². The lowest BCUT2D eigenvalue weighted by atomic mass is 10.3. The van der Waals surface area contributed by atoms with Crippen LogP contribution in [0.5, 0.6) is 0 Å². The fourth-order valence-corrected chi connectivity index (χ4v) is 0.520. The molecular formula is C6H9Br. The van der Waals surface area contributed by atoms with Crippen LogP contribution < -0.4 is 0 Å². The summed E-state index contributed by atoms with van der Waals surface area (Å²) in [5.74, 6) is 0. The molecule has 1 atom stereocenters. The largest absolute Gasteiger partial charge is 0.103 e. The highest BCUT2D eigenvalue weighted by Crippen LogP contribution is 2.04. The van der Waals surface area contributed by atoms with E-state index in [0.29, 0.717) is 4.83 Å². The van der Waals surface area contributed by atoms with E-state index in [1.54, 1.807) is 0 Å². The van der Waals surface area contributed by atoms with Crippen molar-refractivity contribution >= 4 is 15.9 Å². The van der Waals surface area contributed by atoms with E-state index in [2.05, 4.69) is 29.1 Å². The molecule has 0 radical (unpaired) electrons. The molecule has 0 saturated carbocycles. The molecule has 7 heavy (non-hydrogen) atoms. The molecule has 1 heteroatoms. The van der Waals surface area contributed by atoms with E-state index < -0.39 is 0 Å². The Morgan fingerprint density at radius 1 is 1.57 bits per heavy atom. The summed E-state index contributed by atoms with van der Waals surface area (Å²) < 4.78 is 0. The molecule has 0 nitrogen and oxygen atoms in total. The summed E-state index contributed by atoms with van der Waals surface area (Å²) in [7, 11) is 0. The first-order valence-electron chi connectivity index (χ1n) is 2.18. The van der Waals surface area contributed by atoms with Crippen LogP contribution in [-0.4, -0.2) is 4.83 Å². The van der Waals surface area contributed by atoms with Crippen LogP contribution in [0, 0.1) is 0 Å². The summed E-state index contributed by atoms with van der Waals surface area (Å²) in [5.41, 5.74) is 0. The summed E-state index contributed by atoms with van der Waals surface area (Å²) in [6, 6.07) is 0. The van der Waals surface area contributed by atoms with Crippen molar-refractivity contribution in [2.45, 2.75) is 11.2 Å². The summed E-state index contributed by atoms with van der Waals surface area (Å²) in [6.07, 6.45) is 4.67.